The van der Waals surface area contributed by atoms with Crippen LogP contribution in [0.4, 0.5) is 0 Å². The van der Waals surface area contributed by atoms with Crippen molar-refractivity contribution in [3.8, 4) is 11.5 Å². The maximum atomic E-state index is 12.0. The topological polar surface area (TPSA) is 44.8 Å². The molecule has 1 atom stereocenters. The quantitative estimate of drug-likeness (QED) is 0.810. The minimum atomic E-state index is -0.768. The van der Waals surface area contributed by atoms with E-state index in [1.807, 2.05) is 55.5 Å². The van der Waals surface area contributed by atoms with E-state index < -0.39 is 5.60 Å². The summed E-state index contributed by atoms with van der Waals surface area (Å²) in [7, 11) is 3.26. The second kappa shape index (κ2) is 5.95. The van der Waals surface area contributed by atoms with Crippen molar-refractivity contribution in [2.45, 2.75) is 18.9 Å². The summed E-state index contributed by atoms with van der Waals surface area (Å²) in [6.07, 6.45) is 0.401. The molecule has 1 saturated heterocycles. The molecule has 0 aromatic heterocycles. The van der Waals surface area contributed by atoms with Gasteiger partial charge in [-0.15, -0.1) is 0 Å². The molecule has 0 bridgehead atoms. The van der Waals surface area contributed by atoms with Crippen LogP contribution in [-0.4, -0.2) is 20.2 Å². The van der Waals surface area contributed by atoms with Gasteiger partial charge in [-0.3, -0.25) is 4.79 Å². The molecule has 0 N–H and O–H groups in total. The van der Waals surface area contributed by atoms with Crippen LogP contribution in [0, 0.1) is 5.92 Å². The van der Waals surface area contributed by atoms with Crippen LogP contribution >= 0.6 is 0 Å². The maximum absolute atomic E-state index is 12.0. The molecule has 3 rings (SSSR count). The number of ether oxygens (including phenoxy) is 3. The van der Waals surface area contributed by atoms with E-state index in [4.69, 9.17) is 14.2 Å². The molecule has 23 heavy (non-hydrogen) atoms. The Hall–Kier alpha value is -2.49. The molecule has 1 heterocycles. The second-order valence-corrected chi connectivity index (χ2v) is 5.77. The molecule has 4 heteroatoms. The molecule has 0 unspecified atom stereocenters. The van der Waals surface area contributed by atoms with Crippen LogP contribution in [0.25, 0.3) is 0 Å². The first-order valence-corrected chi connectivity index (χ1v) is 7.61. The predicted octanol–water partition coefficient (Wildman–Crippen LogP) is 3.53. The summed E-state index contributed by atoms with van der Waals surface area (Å²) in [5.41, 5.74) is 1.12. The molecule has 2 aromatic rings. The van der Waals surface area contributed by atoms with Gasteiger partial charge in [0.25, 0.3) is 0 Å². The Morgan fingerprint density at radius 2 is 1.35 bits per heavy atom. The van der Waals surface area contributed by atoms with Gasteiger partial charge in [-0.2, -0.15) is 0 Å². The van der Waals surface area contributed by atoms with Gasteiger partial charge in [0.1, 0.15) is 11.5 Å². The zero-order valence-electron chi connectivity index (χ0n) is 13.5. The normalized spacial score (nSPS) is 19.3. The summed E-state index contributed by atoms with van der Waals surface area (Å²) in [4.78, 5) is 12.0. The Kier molecular flexibility index (Phi) is 3.99. The number of rotatable bonds is 4. The highest BCUT2D eigenvalue weighted by atomic mass is 16.6. The van der Waals surface area contributed by atoms with Gasteiger partial charge in [0, 0.05) is 17.0 Å². The van der Waals surface area contributed by atoms with Crippen LogP contribution in [0.1, 0.15) is 24.5 Å². The van der Waals surface area contributed by atoms with E-state index >= 15 is 0 Å². The van der Waals surface area contributed by atoms with Crippen molar-refractivity contribution in [1.82, 2.24) is 0 Å². The Morgan fingerprint density at radius 3 is 1.65 bits per heavy atom. The third-order valence-electron chi connectivity index (χ3n) is 4.48. The number of carbonyl (C=O) groups excluding carboxylic acids is 1. The van der Waals surface area contributed by atoms with E-state index in [-0.39, 0.29) is 11.9 Å². The van der Waals surface area contributed by atoms with Gasteiger partial charge < -0.3 is 14.2 Å². The smallest absolute Gasteiger partial charge is 0.307 e. The molecule has 120 valence electrons. The van der Waals surface area contributed by atoms with Crippen molar-refractivity contribution < 1.29 is 19.0 Å². The summed E-state index contributed by atoms with van der Waals surface area (Å²) in [6.45, 7) is 2.04. The van der Waals surface area contributed by atoms with Gasteiger partial charge in [-0.25, -0.2) is 0 Å². The van der Waals surface area contributed by atoms with E-state index in [1.165, 1.54) is 0 Å². The maximum Gasteiger partial charge on any atom is 0.307 e. The molecule has 2 aromatic carbocycles. The molecule has 0 radical (unpaired) electrons. The van der Waals surface area contributed by atoms with Crippen LogP contribution in [0.15, 0.2) is 48.5 Å². The van der Waals surface area contributed by atoms with E-state index in [9.17, 15) is 4.79 Å². The number of cyclic esters (lactones) is 1. The Bertz CT molecular complexity index is 641. The van der Waals surface area contributed by atoms with Crippen molar-refractivity contribution >= 4 is 5.97 Å². The van der Waals surface area contributed by atoms with Crippen LogP contribution < -0.4 is 9.47 Å². The number of hydrogen-bond acceptors (Lipinski definition) is 4. The predicted molar refractivity (Wildman–Crippen MR) is 86.6 cm³/mol. The Balaban J connectivity index is 2.11. The lowest BCUT2D eigenvalue weighted by Gasteiger charge is -2.33. The van der Waals surface area contributed by atoms with Crippen molar-refractivity contribution in [2.75, 3.05) is 14.2 Å². The number of benzene rings is 2. The average Bonchev–Trinajstić information content (AvgIpc) is 2.90. The lowest BCUT2D eigenvalue weighted by Crippen LogP contribution is -2.32. The molecule has 1 fully saturated rings. The first kappa shape index (κ1) is 15.4. The molecule has 0 spiro atoms. The van der Waals surface area contributed by atoms with Crippen molar-refractivity contribution in [3.63, 3.8) is 0 Å². The highest BCUT2D eigenvalue weighted by Gasteiger charge is 2.49. The van der Waals surface area contributed by atoms with Crippen LogP contribution in [0.3, 0.4) is 0 Å². The standard InChI is InChI=1S/C19H20O4/c1-13-12-18(20)23-19(13,14-4-8-16(21-2)9-5-14)15-6-10-17(22-3)11-7-15/h4-11,13H,12H2,1-3H3/t13-/m0/s1. The van der Waals surface area contributed by atoms with Gasteiger partial charge in [0.2, 0.25) is 0 Å². The van der Waals surface area contributed by atoms with Gasteiger partial charge >= 0.3 is 5.97 Å². The number of hydrogen-bond donors (Lipinski definition) is 0. The third-order valence-corrected chi connectivity index (χ3v) is 4.48. The molecular weight excluding hydrogens is 292 g/mol. The van der Waals surface area contributed by atoms with Crippen molar-refractivity contribution in [2.24, 2.45) is 5.92 Å². The Morgan fingerprint density at radius 1 is 0.913 bits per heavy atom. The van der Waals surface area contributed by atoms with E-state index in [0.717, 1.165) is 22.6 Å². The van der Waals surface area contributed by atoms with Gasteiger partial charge in [-0.05, 0) is 24.3 Å². The van der Waals surface area contributed by atoms with Crippen molar-refractivity contribution in [1.29, 1.82) is 0 Å². The molecule has 4 nitrogen and oxygen atoms in total. The van der Waals surface area contributed by atoms with E-state index in [0.29, 0.717) is 6.42 Å². The van der Waals surface area contributed by atoms with E-state index in [2.05, 4.69) is 0 Å². The lowest BCUT2D eigenvalue weighted by atomic mass is 9.77. The van der Waals surface area contributed by atoms with Crippen LogP contribution in [-0.2, 0) is 15.1 Å². The molecule has 0 amide bonds. The van der Waals surface area contributed by atoms with E-state index in [1.54, 1.807) is 14.2 Å². The molecule has 0 aliphatic carbocycles. The van der Waals surface area contributed by atoms with Gasteiger partial charge in [0.15, 0.2) is 5.60 Å². The largest absolute Gasteiger partial charge is 0.497 e. The first-order chi connectivity index (χ1) is 11.1. The van der Waals surface area contributed by atoms with Crippen LogP contribution in [0.5, 0.6) is 11.5 Å². The molecule has 1 aliphatic heterocycles. The molecular formula is C19H20O4. The lowest BCUT2D eigenvalue weighted by molar-refractivity contribution is -0.147. The number of methoxy groups -OCH3 is 2. The zero-order chi connectivity index (χ0) is 16.4. The third kappa shape index (κ3) is 2.54. The fraction of sp³-hybridized carbons (Fsp3) is 0.316. The minimum absolute atomic E-state index is 0.0387. The zero-order valence-corrected chi connectivity index (χ0v) is 13.5. The molecule has 0 saturated carbocycles. The number of esters is 1. The molecule has 1 aliphatic rings. The fourth-order valence-corrected chi connectivity index (χ4v) is 3.25. The van der Waals surface area contributed by atoms with Gasteiger partial charge in [0.05, 0.1) is 20.6 Å². The second-order valence-electron chi connectivity index (χ2n) is 5.77. The summed E-state index contributed by atoms with van der Waals surface area (Å²) < 4.78 is 16.3. The number of carbonyl (C=O) groups is 1. The van der Waals surface area contributed by atoms with Crippen molar-refractivity contribution in [3.05, 3.63) is 59.7 Å². The summed E-state index contributed by atoms with van der Waals surface area (Å²) in [5, 5.41) is 0. The summed E-state index contributed by atoms with van der Waals surface area (Å²) in [6, 6.07) is 15.4. The van der Waals surface area contributed by atoms with Crippen LogP contribution in [0.2, 0.25) is 0 Å². The minimum Gasteiger partial charge on any atom is -0.497 e. The first-order valence-electron chi connectivity index (χ1n) is 7.61. The summed E-state index contributed by atoms with van der Waals surface area (Å²) >= 11 is 0. The average molecular weight is 312 g/mol. The fourth-order valence-electron chi connectivity index (χ4n) is 3.25. The highest BCUT2D eigenvalue weighted by molar-refractivity contribution is 5.74. The SMILES string of the molecule is COc1ccc(C2(c3ccc(OC)cc3)OC(=O)C[C@@H]2C)cc1. The summed E-state index contributed by atoms with van der Waals surface area (Å²) in [5.74, 6) is 1.41. The highest BCUT2D eigenvalue weighted by Crippen LogP contribution is 2.47. The Labute approximate surface area is 136 Å². The van der Waals surface area contributed by atoms with Gasteiger partial charge in [-0.1, -0.05) is 31.2 Å². The monoisotopic (exact) mass is 312 g/mol.